The van der Waals surface area contributed by atoms with E-state index in [0.29, 0.717) is 45.4 Å². The lowest BCUT2D eigenvalue weighted by atomic mass is 9.85. The molecule has 1 aromatic rings. The average Bonchev–Trinajstić information content (AvgIpc) is 2.60. The van der Waals surface area contributed by atoms with E-state index < -0.39 is 10.0 Å². The average molecular weight is 383 g/mol. The van der Waals surface area contributed by atoms with Crippen LogP contribution in [0.4, 0.5) is 0 Å². The van der Waals surface area contributed by atoms with Crippen molar-refractivity contribution in [1.29, 1.82) is 0 Å². The van der Waals surface area contributed by atoms with E-state index in [1.165, 1.54) is 16.1 Å². The molecule has 1 saturated heterocycles. The van der Waals surface area contributed by atoms with Gasteiger partial charge in [0.15, 0.2) is 0 Å². The van der Waals surface area contributed by atoms with Crippen molar-refractivity contribution in [1.82, 2.24) is 9.62 Å². The third-order valence-corrected chi connectivity index (χ3v) is 6.35. The molecule has 1 N–H and O–H groups in total. The molecule has 1 aliphatic heterocycles. The third-order valence-electron chi connectivity index (χ3n) is 5.05. The molecular weight excluding hydrogens is 352 g/mol. The fraction of sp³-hybridized carbons (Fsp3) is 0.632. The van der Waals surface area contributed by atoms with Crippen molar-refractivity contribution in [3.8, 4) is 0 Å². The predicted octanol–water partition coefficient (Wildman–Crippen LogP) is 1.96. The first-order valence-corrected chi connectivity index (χ1v) is 11.0. The fourth-order valence-electron chi connectivity index (χ4n) is 3.44. The summed E-state index contributed by atoms with van der Waals surface area (Å²) in [6, 6.07) is 10.1. The molecule has 0 aliphatic carbocycles. The number of methoxy groups -OCH3 is 1. The zero-order chi connectivity index (χ0) is 19.0. The zero-order valence-corrected chi connectivity index (χ0v) is 16.6. The van der Waals surface area contributed by atoms with Crippen LogP contribution in [0.25, 0.3) is 0 Å². The molecule has 0 aromatic heterocycles. The van der Waals surface area contributed by atoms with E-state index in [2.05, 4.69) is 17.4 Å². The summed E-state index contributed by atoms with van der Waals surface area (Å²) >= 11 is 0. The van der Waals surface area contributed by atoms with Gasteiger partial charge in [-0.05, 0) is 37.7 Å². The number of carbonyl (C=O) groups is 1. The largest absolute Gasteiger partial charge is 0.385 e. The maximum Gasteiger partial charge on any atom is 0.220 e. The van der Waals surface area contributed by atoms with Gasteiger partial charge in [-0.3, -0.25) is 4.79 Å². The number of piperidine rings is 1. The summed E-state index contributed by atoms with van der Waals surface area (Å²) in [6.45, 7) is 1.42. The molecule has 146 valence electrons. The molecule has 1 amide bonds. The van der Waals surface area contributed by atoms with E-state index in [-0.39, 0.29) is 11.4 Å². The van der Waals surface area contributed by atoms with E-state index in [0.717, 1.165) is 12.8 Å². The van der Waals surface area contributed by atoms with Crippen LogP contribution in [0.5, 0.6) is 0 Å². The topological polar surface area (TPSA) is 75.7 Å². The summed E-state index contributed by atoms with van der Waals surface area (Å²) in [6.07, 6.45) is 5.32. The summed E-state index contributed by atoms with van der Waals surface area (Å²) < 4.78 is 30.1. The Bertz CT molecular complexity index is 668. The number of nitrogens with one attached hydrogen (secondary N) is 1. The minimum atomic E-state index is -3.18. The third kappa shape index (κ3) is 6.37. The number of nitrogens with zero attached hydrogens (tertiary/aromatic N) is 1. The monoisotopic (exact) mass is 382 g/mol. The Morgan fingerprint density at radius 3 is 2.46 bits per heavy atom. The van der Waals surface area contributed by atoms with Crippen LogP contribution in [-0.4, -0.2) is 57.2 Å². The van der Waals surface area contributed by atoms with E-state index >= 15 is 0 Å². The second-order valence-corrected chi connectivity index (χ2v) is 9.05. The van der Waals surface area contributed by atoms with Gasteiger partial charge in [-0.15, -0.1) is 0 Å². The van der Waals surface area contributed by atoms with Gasteiger partial charge in [0, 0.05) is 38.8 Å². The van der Waals surface area contributed by atoms with Gasteiger partial charge in [-0.2, -0.15) is 0 Å². The quantitative estimate of drug-likeness (QED) is 0.708. The van der Waals surface area contributed by atoms with Crippen molar-refractivity contribution in [3.63, 3.8) is 0 Å². The molecule has 6 nitrogen and oxygen atoms in total. The number of benzene rings is 1. The molecule has 1 aliphatic rings. The number of hydrogen-bond acceptors (Lipinski definition) is 4. The summed E-state index contributed by atoms with van der Waals surface area (Å²) in [5.74, 6) is 0.0323. The molecule has 1 aromatic carbocycles. The minimum Gasteiger partial charge on any atom is -0.385 e. The molecule has 0 spiro atoms. The lowest BCUT2D eigenvalue weighted by Gasteiger charge is -2.41. The molecule has 0 bridgehead atoms. The molecule has 1 fully saturated rings. The Kier molecular flexibility index (Phi) is 7.61. The Morgan fingerprint density at radius 2 is 1.88 bits per heavy atom. The summed E-state index contributed by atoms with van der Waals surface area (Å²) in [4.78, 5) is 12.5. The Balaban J connectivity index is 1.87. The molecule has 1 heterocycles. The van der Waals surface area contributed by atoms with Gasteiger partial charge < -0.3 is 10.1 Å². The highest BCUT2D eigenvalue weighted by Crippen LogP contribution is 2.27. The predicted molar refractivity (Wildman–Crippen MR) is 102 cm³/mol. The molecule has 0 radical (unpaired) electrons. The van der Waals surface area contributed by atoms with Crippen LogP contribution >= 0.6 is 0 Å². The molecule has 0 atom stereocenters. The van der Waals surface area contributed by atoms with E-state index in [4.69, 9.17) is 4.74 Å². The first kappa shape index (κ1) is 20.9. The summed E-state index contributed by atoms with van der Waals surface area (Å²) in [5.41, 5.74) is 0.858. The van der Waals surface area contributed by atoms with Crippen LogP contribution in [-0.2, 0) is 26.0 Å². The molecule has 2 rings (SSSR count). The molecule has 7 heteroatoms. The number of rotatable bonds is 9. The highest BCUT2D eigenvalue weighted by Gasteiger charge is 2.37. The van der Waals surface area contributed by atoms with Crippen molar-refractivity contribution < 1.29 is 17.9 Å². The standard InChI is InChI=1S/C19H30N2O4S/c1-25-16-13-19(11-14-21(15-12-19)26(2,23)24)20-18(22)10-6-9-17-7-4-3-5-8-17/h3-5,7-8H,6,9-16H2,1-2H3,(H,20,22). The smallest absolute Gasteiger partial charge is 0.220 e. The molecule has 0 saturated carbocycles. The van der Waals surface area contributed by atoms with Gasteiger partial charge in [0.2, 0.25) is 15.9 Å². The maximum atomic E-state index is 12.5. The highest BCUT2D eigenvalue weighted by molar-refractivity contribution is 7.88. The van der Waals surface area contributed by atoms with Crippen LogP contribution in [0.1, 0.15) is 37.7 Å². The second-order valence-electron chi connectivity index (χ2n) is 7.07. The van der Waals surface area contributed by atoms with E-state index in [1.807, 2.05) is 18.2 Å². The van der Waals surface area contributed by atoms with Gasteiger partial charge in [-0.25, -0.2) is 12.7 Å². The van der Waals surface area contributed by atoms with Crippen molar-refractivity contribution in [2.24, 2.45) is 0 Å². The Hall–Kier alpha value is -1.44. The zero-order valence-electron chi connectivity index (χ0n) is 15.7. The normalized spacial score (nSPS) is 17.8. The van der Waals surface area contributed by atoms with Crippen LogP contribution in [0.15, 0.2) is 30.3 Å². The second kappa shape index (κ2) is 9.48. The lowest BCUT2D eigenvalue weighted by molar-refractivity contribution is -0.123. The first-order valence-electron chi connectivity index (χ1n) is 9.14. The Morgan fingerprint density at radius 1 is 1.23 bits per heavy atom. The molecular formula is C19H30N2O4S. The van der Waals surface area contributed by atoms with Crippen LogP contribution in [0.3, 0.4) is 0 Å². The molecule has 0 unspecified atom stereocenters. The highest BCUT2D eigenvalue weighted by atomic mass is 32.2. The van der Waals surface area contributed by atoms with Crippen molar-refractivity contribution in [2.75, 3.05) is 33.1 Å². The first-order chi connectivity index (χ1) is 12.3. The number of hydrogen-bond donors (Lipinski definition) is 1. The van der Waals surface area contributed by atoms with Gasteiger partial charge in [0.25, 0.3) is 0 Å². The van der Waals surface area contributed by atoms with Crippen molar-refractivity contribution in [3.05, 3.63) is 35.9 Å². The van der Waals surface area contributed by atoms with Gasteiger partial charge in [0.05, 0.1) is 6.26 Å². The van der Waals surface area contributed by atoms with Crippen molar-refractivity contribution >= 4 is 15.9 Å². The molecule has 26 heavy (non-hydrogen) atoms. The van der Waals surface area contributed by atoms with Crippen molar-refractivity contribution in [2.45, 2.75) is 44.1 Å². The number of amides is 1. The lowest BCUT2D eigenvalue weighted by Crippen LogP contribution is -2.56. The number of carbonyl (C=O) groups excluding carboxylic acids is 1. The summed E-state index contributed by atoms with van der Waals surface area (Å²) in [5, 5.41) is 3.19. The van der Waals surface area contributed by atoms with Gasteiger partial charge in [-0.1, -0.05) is 30.3 Å². The Labute approximate surface area is 157 Å². The van der Waals surface area contributed by atoms with Gasteiger partial charge >= 0.3 is 0 Å². The minimum absolute atomic E-state index is 0.0323. The SMILES string of the molecule is COCCC1(NC(=O)CCCc2ccccc2)CCN(S(C)(=O)=O)CC1. The summed E-state index contributed by atoms with van der Waals surface area (Å²) in [7, 11) is -1.54. The van der Waals surface area contributed by atoms with Crippen LogP contribution in [0.2, 0.25) is 0 Å². The number of ether oxygens (including phenoxy) is 1. The fourth-order valence-corrected chi connectivity index (χ4v) is 4.28. The van der Waals surface area contributed by atoms with Crippen LogP contribution < -0.4 is 5.32 Å². The number of aryl methyl sites for hydroxylation is 1. The number of sulfonamides is 1. The van der Waals surface area contributed by atoms with E-state index in [9.17, 15) is 13.2 Å². The van der Waals surface area contributed by atoms with Crippen LogP contribution in [0, 0.1) is 0 Å². The van der Waals surface area contributed by atoms with Gasteiger partial charge in [0.1, 0.15) is 0 Å². The van der Waals surface area contributed by atoms with E-state index in [1.54, 1.807) is 7.11 Å². The maximum absolute atomic E-state index is 12.5.